The van der Waals surface area contributed by atoms with Crippen LogP contribution in [0.25, 0.3) is 0 Å². The van der Waals surface area contributed by atoms with Crippen LogP contribution in [0, 0.1) is 11.3 Å². The van der Waals surface area contributed by atoms with Gasteiger partial charge in [0.2, 0.25) is 0 Å². The van der Waals surface area contributed by atoms with E-state index >= 15 is 0 Å². The highest BCUT2D eigenvalue weighted by molar-refractivity contribution is 5.75. The van der Waals surface area contributed by atoms with Crippen molar-refractivity contribution in [2.75, 3.05) is 32.8 Å². The number of aliphatic hydroxyl groups excluding tert-OH is 1. The molecule has 0 aliphatic carbocycles. The van der Waals surface area contributed by atoms with Crippen LogP contribution in [-0.2, 0) is 0 Å². The van der Waals surface area contributed by atoms with Gasteiger partial charge in [0.1, 0.15) is 18.5 Å². The first-order valence-corrected chi connectivity index (χ1v) is 11.2. The van der Waals surface area contributed by atoms with Crippen LogP contribution in [0.1, 0.15) is 51.0 Å². The van der Waals surface area contributed by atoms with E-state index in [9.17, 15) is 9.90 Å². The zero-order valence-corrected chi connectivity index (χ0v) is 17.9. The number of aliphatic hydroxyl groups is 1. The van der Waals surface area contributed by atoms with Crippen molar-refractivity contribution >= 4 is 6.03 Å². The quantitative estimate of drug-likeness (QED) is 0.575. The molecule has 7 nitrogen and oxygen atoms in total. The number of rotatable bonds is 10. The number of nitrogens with one attached hydrogen (secondary N) is 1. The van der Waals surface area contributed by atoms with E-state index in [1.165, 1.54) is 19.3 Å². The highest BCUT2D eigenvalue weighted by Gasteiger charge is 2.42. The second kappa shape index (κ2) is 11.2. The largest absolute Gasteiger partial charge is 0.491 e. The lowest BCUT2D eigenvalue weighted by Crippen LogP contribution is -2.59. The van der Waals surface area contributed by atoms with Crippen molar-refractivity contribution in [3.05, 3.63) is 29.8 Å². The van der Waals surface area contributed by atoms with Crippen LogP contribution >= 0.6 is 0 Å². The molecular weight excluding hydrogens is 380 g/mol. The molecule has 7 heteroatoms. The number of piperazine rings is 1. The van der Waals surface area contributed by atoms with Gasteiger partial charge in [0.05, 0.1) is 11.6 Å². The maximum Gasteiger partial charge on any atom is 0.317 e. The van der Waals surface area contributed by atoms with Crippen molar-refractivity contribution in [1.82, 2.24) is 15.1 Å². The zero-order valence-electron chi connectivity index (χ0n) is 17.9. The molecule has 2 fully saturated rings. The van der Waals surface area contributed by atoms with E-state index in [4.69, 9.17) is 10.00 Å². The van der Waals surface area contributed by atoms with Crippen LogP contribution in [0.4, 0.5) is 4.79 Å². The molecule has 30 heavy (non-hydrogen) atoms. The van der Waals surface area contributed by atoms with Gasteiger partial charge in [-0.2, -0.15) is 5.26 Å². The molecule has 0 radical (unpaired) electrons. The Hall–Kier alpha value is -2.30. The third-order valence-electron chi connectivity index (χ3n) is 5.99. The minimum Gasteiger partial charge on any atom is -0.491 e. The average Bonchev–Trinajstić information content (AvgIpc) is 3.03. The lowest BCUT2D eigenvalue weighted by atomic mass is 10.1. The first-order valence-electron chi connectivity index (χ1n) is 11.2. The van der Waals surface area contributed by atoms with Crippen molar-refractivity contribution in [2.45, 2.75) is 63.6 Å². The third-order valence-corrected chi connectivity index (χ3v) is 5.99. The van der Waals surface area contributed by atoms with Gasteiger partial charge in [0.25, 0.3) is 0 Å². The Morgan fingerprint density at radius 3 is 2.57 bits per heavy atom. The smallest absolute Gasteiger partial charge is 0.317 e. The Bertz CT molecular complexity index is 704. The predicted molar refractivity (Wildman–Crippen MR) is 115 cm³/mol. The number of hydrogen-bond donors (Lipinski definition) is 2. The number of likely N-dealkylation sites (tertiary alicyclic amines) is 1. The van der Waals surface area contributed by atoms with Crippen LogP contribution in [0.2, 0.25) is 0 Å². The van der Waals surface area contributed by atoms with Crippen molar-refractivity contribution in [3.8, 4) is 11.8 Å². The van der Waals surface area contributed by atoms with Crippen molar-refractivity contribution in [3.63, 3.8) is 0 Å². The normalized spacial score (nSPS) is 21.8. The van der Waals surface area contributed by atoms with Gasteiger partial charge in [-0.3, -0.25) is 4.90 Å². The first-order chi connectivity index (χ1) is 14.6. The molecule has 1 aromatic rings. The summed E-state index contributed by atoms with van der Waals surface area (Å²) in [6, 6.07) is 9.49. The number of ether oxygens (including phenoxy) is 1. The molecule has 2 saturated heterocycles. The lowest BCUT2D eigenvalue weighted by molar-refractivity contribution is 0.0319. The summed E-state index contributed by atoms with van der Waals surface area (Å²) in [4.78, 5) is 16.9. The topological polar surface area (TPSA) is 88.8 Å². The minimum atomic E-state index is -0.598. The predicted octanol–water partition coefficient (Wildman–Crippen LogP) is 2.74. The molecule has 0 aromatic heterocycles. The van der Waals surface area contributed by atoms with E-state index in [1.807, 2.05) is 4.90 Å². The molecule has 2 aliphatic heterocycles. The molecule has 2 amide bonds. The molecule has 1 aromatic carbocycles. The summed E-state index contributed by atoms with van der Waals surface area (Å²) in [6.45, 7) is 5.28. The fourth-order valence-corrected chi connectivity index (χ4v) is 4.48. The number of hydrogen-bond acceptors (Lipinski definition) is 5. The van der Waals surface area contributed by atoms with E-state index in [0.29, 0.717) is 17.9 Å². The summed E-state index contributed by atoms with van der Waals surface area (Å²) in [5, 5.41) is 22.3. The number of amides is 2. The van der Waals surface area contributed by atoms with Gasteiger partial charge in [0.15, 0.2) is 0 Å². The highest BCUT2D eigenvalue weighted by atomic mass is 16.5. The van der Waals surface area contributed by atoms with E-state index in [0.717, 1.165) is 38.9 Å². The van der Waals surface area contributed by atoms with Gasteiger partial charge in [0, 0.05) is 38.3 Å². The zero-order chi connectivity index (χ0) is 21.3. The number of carbonyl (C=O) groups is 1. The van der Waals surface area contributed by atoms with Gasteiger partial charge in [-0.05, 0) is 43.5 Å². The number of β-amino-alcohol motifs (C(OH)–C–C–N with tert-alkyl or cyclic N) is 1. The van der Waals surface area contributed by atoms with E-state index in [2.05, 4.69) is 23.2 Å². The van der Waals surface area contributed by atoms with E-state index in [1.54, 1.807) is 24.3 Å². The molecule has 3 rings (SSSR count). The summed E-state index contributed by atoms with van der Waals surface area (Å²) in [5.41, 5.74) is 0.584. The monoisotopic (exact) mass is 414 g/mol. The number of nitrogens with zero attached hydrogens (tertiary/aromatic N) is 3. The lowest BCUT2D eigenvalue weighted by Gasteiger charge is -2.41. The van der Waals surface area contributed by atoms with Crippen LogP contribution in [-0.4, -0.2) is 71.9 Å². The second-order valence-electron chi connectivity index (χ2n) is 8.40. The van der Waals surface area contributed by atoms with Gasteiger partial charge >= 0.3 is 6.03 Å². The van der Waals surface area contributed by atoms with Crippen LogP contribution in [0.15, 0.2) is 24.3 Å². The number of carbonyl (C=O) groups excluding carboxylic acids is 1. The fourth-order valence-electron chi connectivity index (χ4n) is 4.48. The van der Waals surface area contributed by atoms with Crippen molar-refractivity contribution in [1.29, 1.82) is 5.26 Å². The standard InChI is InChI=1S/C23H34N4O3/c1-2-3-4-5-12-25-23(29)27-19-8-9-20(27)15-26(14-19)16-21(28)17-30-22-10-6-18(13-24)7-11-22/h6-7,10-11,19-21,28H,2-5,8-9,12,14-17H2,1H3,(H,25,29). The van der Waals surface area contributed by atoms with Crippen molar-refractivity contribution in [2.24, 2.45) is 0 Å². The van der Waals surface area contributed by atoms with Crippen molar-refractivity contribution < 1.29 is 14.6 Å². The van der Waals surface area contributed by atoms with Gasteiger partial charge < -0.3 is 20.1 Å². The molecule has 2 bridgehead atoms. The molecule has 2 heterocycles. The molecule has 3 atom stereocenters. The molecule has 2 aliphatic rings. The summed E-state index contributed by atoms with van der Waals surface area (Å²) >= 11 is 0. The summed E-state index contributed by atoms with van der Waals surface area (Å²) in [6.07, 6.45) is 6.09. The summed E-state index contributed by atoms with van der Waals surface area (Å²) in [5.74, 6) is 0.647. The number of urea groups is 1. The Balaban J connectivity index is 1.40. The fraction of sp³-hybridized carbons (Fsp3) is 0.652. The minimum absolute atomic E-state index is 0.0725. The third kappa shape index (κ3) is 6.10. The molecule has 0 spiro atoms. The van der Waals surface area contributed by atoms with Gasteiger partial charge in [-0.15, -0.1) is 0 Å². The molecule has 164 valence electrons. The Labute approximate surface area is 179 Å². The molecule has 0 saturated carbocycles. The molecular formula is C23H34N4O3. The Morgan fingerprint density at radius 1 is 1.23 bits per heavy atom. The first kappa shape index (κ1) is 22.4. The average molecular weight is 415 g/mol. The Kier molecular flexibility index (Phi) is 8.35. The number of nitriles is 1. The Morgan fingerprint density at radius 2 is 1.93 bits per heavy atom. The SMILES string of the molecule is CCCCCCNC(=O)N1C2CCC1CN(CC(O)COc1ccc(C#N)cc1)C2. The maximum absolute atomic E-state index is 12.6. The number of fused-ring (bicyclic) bond motifs is 2. The van der Waals surface area contributed by atoms with Crippen LogP contribution < -0.4 is 10.1 Å². The summed E-state index contributed by atoms with van der Waals surface area (Å²) in [7, 11) is 0. The van der Waals surface area contributed by atoms with E-state index in [-0.39, 0.29) is 24.7 Å². The van der Waals surface area contributed by atoms with Gasteiger partial charge in [-0.1, -0.05) is 26.2 Å². The molecule has 3 unspecified atom stereocenters. The van der Waals surface area contributed by atoms with Crippen LogP contribution in [0.3, 0.4) is 0 Å². The van der Waals surface area contributed by atoms with Gasteiger partial charge in [-0.25, -0.2) is 4.79 Å². The molecule has 2 N–H and O–H groups in total. The number of benzene rings is 1. The summed E-state index contributed by atoms with van der Waals surface area (Å²) < 4.78 is 5.65. The number of unbranched alkanes of at least 4 members (excludes halogenated alkanes) is 3. The highest BCUT2D eigenvalue weighted by Crippen LogP contribution is 2.30. The van der Waals surface area contributed by atoms with Crippen LogP contribution in [0.5, 0.6) is 5.75 Å². The second-order valence-corrected chi connectivity index (χ2v) is 8.40. The van der Waals surface area contributed by atoms with E-state index < -0.39 is 6.10 Å². The maximum atomic E-state index is 12.6.